The number of amides is 2. The van der Waals surface area contributed by atoms with E-state index in [1.165, 1.54) is 0 Å². The molecule has 4 rings (SSSR count). The molecule has 1 aliphatic heterocycles. The van der Waals surface area contributed by atoms with Crippen molar-refractivity contribution >= 4 is 34.3 Å². The second-order valence-electron chi connectivity index (χ2n) is 7.78. The number of fused-ring (bicyclic) bond motifs is 1. The van der Waals surface area contributed by atoms with Crippen LogP contribution in [0.25, 0.3) is 10.9 Å². The minimum absolute atomic E-state index is 0.0435. The largest absolute Gasteiger partial charge is 0.489 e. The highest BCUT2D eigenvalue weighted by Crippen LogP contribution is 2.33. The van der Waals surface area contributed by atoms with Crippen molar-refractivity contribution in [3.63, 3.8) is 0 Å². The van der Waals surface area contributed by atoms with Crippen LogP contribution in [0.2, 0.25) is 5.02 Å². The minimum atomic E-state index is -0.486. The molecule has 1 fully saturated rings. The molecule has 7 heteroatoms. The Hall–Kier alpha value is -3.38. The van der Waals surface area contributed by atoms with E-state index in [-0.39, 0.29) is 11.8 Å². The summed E-state index contributed by atoms with van der Waals surface area (Å²) in [7, 11) is 0. The number of rotatable bonds is 6. The molecule has 2 heterocycles. The number of aromatic nitrogens is 1. The summed E-state index contributed by atoms with van der Waals surface area (Å²) in [5.41, 5.74) is 8.07. The number of halogens is 1. The third kappa shape index (κ3) is 4.46. The Morgan fingerprint density at radius 2 is 1.91 bits per heavy atom. The first kappa shape index (κ1) is 21.8. The van der Waals surface area contributed by atoms with Crippen molar-refractivity contribution in [3.05, 3.63) is 83.0 Å². The van der Waals surface area contributed by atoms with Gasteiger partial charge in [-0.2, -0.15) is 0 Å². The number of primary amides is 1. The van der Waals surface area contributed by atoms with Gasteiger partial charge in [0.25, 0.3) is 11.8 Å². The smallest absolute Gasteiger partial charge is 0.257 e. The standard InChI is InChI=1S/C25H24ClN3O3/c1-2-13-32-22-8-7-18(26)15-19(22)25(31)29-11-9-16(10-12-29)23-20(24(27)30)14-17-5-3-4-6-21(17)28-23/h2-8,14-16H,1,9-13H2,(H2,27,30). The van der Waals surface area contributed by atoms with Gasteiger partial charge in [0.2, 0.25) is 0 Å². The maximum Gasteiger partial charge on any atom is 0.257 e. The number of benzene rings is 2. The molecular weight excluding hydrogens is 426 g/mol. The molecule has 1 saturated heterocycles. The van der Waals surface area contributed by atoms with E-state index in [1.807, 2.05) is 30.3 Å². The summed E-state index contributed by atoms with van der Waals surface area (Å²) >= 11 is 6.13. The molecule has 1 aliphatic rings. The van der Waals surface area contributed by atoms with Gasteiger partial charge in [0.1, 0.15) is 12.4 Å². The molecule has 32 heavy (non-hydrogen) atoms. The van der Waals surface area contributed by atoms with E-state index < -0.39 is 5.91 Å². The molecule has 164 valence electrons. The predicted molar refractivity (Wildman–Crippen MR) is 125 cm³/mol. The summed E-state index contributed by atoms with van der Waals surface area (Å²) in [5, 5.41) is 1.35. The lowest BCUT2D eigenvalue weighted by Crippen LogP contribution is -2.38. The summed E-state index contributed by atoms with van der Waals surface area (Å²) in [6, 6.07) is 14.5. The number of carbonyl (C=O) groups excluding carboxylic acids is 2. The van der Waals surface area contributed by atoms with Gasteiger partial charge in [0.05, 0.1) is 22.3 Å². The molecule has 2 amide bonds. The molecule has 6 nitrogen and oxygen atoms in total. The van der Waals surface area contributed by atoms with Crippen LogP contribution in [0, 0.1) is 0 Å². The van der Waals surface area contributed by atoms with Gasteiger partial charge in [0, 0.05) is 29.4 Å². The molecule has 0 unspecified atom stereocenters. The fourth-order valence-electron chi connectivity index (χ4n) is 4.11. The highest BCUT2D eigenvalue weighted by Gasteiger charge is 2.29. The minimum Gasteiger partial charge on any atom is -0.489 e. The van der Waals surface area contributed by atoms with Crippen LogP contribution in [0.15, 0.2) is 61.2 Å². The van der Waals surface area contributed by atoms with Gasteiger partial charge >= 0.3 is 0 Å². The number of likely N-dealkylation sites (tertiary alicyclic amines) is 1. The van der Waals surface area contributed by atoms with Crippen molar-refractivity contribution in [1.29, 1.82) is 0 Å². The first-order chi connectivity index (χ1) is 15.5. The van der Waals surface area contributed by atoms with E-state index in [0.717, 1.165) is 10.9 Å². The van der Waals surface area contributed by atoms with E-state index >= 15 is 0 Å². The Labute approximate surface area is 191 Å². The second kappa shape index (κ2) is 9.40. The van der Waals surface area contributed by atoms with Crippen LogP contribution in [0.3, 0.4) is 0 Å². The normalized spacial score (nSPS) is 14.3. The van der Waals surface area contributed by atoms with Crippen LogP contribution in [0.4, 0.5) is 0 Å². The van der Waals surface area contributed by atoms with E-state index in [9.17, 15) is 9.59 Å². The zero-order valence-electron chi connectivity index (χ0n) is 17.6. The second-order valence-corrected chi connectivity index (χ2v) is 8.22. The lowest BCUT2D eigenvalue weighted by Gasteiger charge is -2.32. The molecule has 3 aromatic rings. The van der Waals surface area contributed by atoms with Gasteiger partial charge in [-0.15, -0.1) is 0 Å². The average molecular weight is 450 g/mol. The van der Waals surface area contributed by atoms with Crippen LogP contribution in [-0.2, 0) is 0 Å². The number of carbonyl (C=O) groups is 2. The summed E-state index contributed by atoms with van der Waals surface area (Å²) in [4.78, 5) is 31.8. The SMILES string of the molecule is C=CCOc1ccc(Cl)cc1C(=O)N1CCC(c2nc3ccccc3cc2C(N)=O)CC1. The number of piperidine rings is 1. The third-order valence-corrected chi connectivity index (χ3v) is 5.95. The molecule has 2 N–H and O–H groups in total. The monoisotopic (exact) mass is 449 g/mol. The van der Waals surface area contributed by atoms with Gasteiger partial charge in [0.15, 0.2) is 0 Å². The van der Waals surface area contributed by atoms with E-state index in [2.05, 4.69) is 6.58 Å². The van der Waals surface area contributed by atoms with Gasteiger partial charge < -0.3 is 15.4 Å². The highest BCUT2D eigenvalue weighted by molar-refractivity contribution is 6.31. The van der Waals surface area contributed by atoms with Crippen LogP contribution in [0.5, 0.6) is 5.75 Å². The Morgan fingerprint density at radius 3 is 2.62 bits per heavy atom. The number of nitrogens with two attached hydrogens (primary N) is 1. The first-order valence-electron chi connectivity index (χ1n) is 10.5. The average Bonchev–Trinajstić information content (AvgIpc) is 2.82. The fraction of sp³-hybridized carbons (Fsp3) is 0.240. The molecule has 0 radical (unpaired) electrons. The Balaban J connectivity index is 1.55. The number of nitrogens with zero attached hydrogens (tertiary/aromatic N) is 2. The summed E-state index contributed by atoms with van der Waals surface area (Å²) in [6.07, 6.45) is 2.99. The van der Waals surface area contributed by atoms with Crippen molar-refractivity contribution in [2.45, 2.75) is 18.8 Å². The number of hydrogen-bond donors (Lipinski definition) is 1. The highest BCUT2D eigenvalue weighted by atomic mass is 35.5. The predicted octanol–water partition coefficient (Wildman–Crippen LogP) is 4.57. The van der Waals surface area contributed by atoms with Crippen LogP contribution in [0.1, 0.15) is 45.2 Å². The van der Waals surface area contributed by atoms with Gasteiger partial charge in [-0.25, -0.2) is 0 Å². The van der Waals surface area contributed by atoms with Crippen molar-refractivity contribution in [2.24, 2.45) is 5.73 Å². The van der Waals surface area contributed by atoms with Crippen molar-refractivity contribution in [1.82, 2.24) is 9.88 Å². The van der Waals surface area contributed by atoms with Gasteiger partial charge in [-0.1, -0.05) is 42.5 Å². The first-order valence-corrected chi connectivity index (χ1v) is 10.9. The number of pyridine rings is 1. The molecule has 0 spiro atoms. The number of para-hydroxylation sites is 1. The summed E-state index contributed by atoms with van der Waals surface area (Å²) in [5.74, 6) is -0.0954. The zero-order chi connectivity index (χ0) is 22.7. The molecule has 1 aromatic heterocycles. The number of ether oxygens (including phenoxy) is 1. The summed E-state index contributed by atoms with van der Waals surface area (Å²) < 4.78 is 5.64. The topological polar surface area (TPSA) is 85.5 Å². The van der Waals surface area contributed by atoms with E-state index in [1.54, 1.807) is 29.2 Å². The Kier molecular flexibility index (Phi) is 6.42. The third-order valence-electron chi connectivity index (χ3n) is 5.72. The molecular formula is C25H24ClN3O3. The van der Waals surface area contributed by atoms with Crippen LogP contribution >= 0.6 is 11.6 Å². The van der Waals surface area contributed by atoms with Gasteiger partial charge in [-0.05, 0) is 43.2 Å². The van der Waals surface area contributed by atoms with Crippen molar-refractivity contribution < 1.29 is 14.3 Å². The molecule has 0 aliphatic carbocycles. The quantitative estimate of drug-likeness (QED) is 0.558. The Bertz CT molecular complexity index is 1190. The fourth-order valence-corrected chi connectivity index (χ4v) is 4.28. The van der Waals surface area contributed by atoms with E-state index in [0.29, 0.717) is 60.1 Å². The molecule has 2 aromatic carbocycles. The number of hydrogen-bond acceptors (Lipinski definition) is 4. The molecule has 0 saturated carbocycles. The van der Waals surface area contributed by atoms with Crippen molar-refractivity contribution in [3.8, 4) is 5.75 Å². The maximum atomic E-state index is 13.2. The van der Waals surface area contributed by atoms with E-state index in [4.69, 9.17) is 27.1 Å². The molecule has 0 bridgehead atoms. The van der Waals surface area contributed by atoms with Crippen LogP contribution < -0.4 is 10.5 Å². The lowest BCUT2D eigenvalue weighted by molar-refractivity contribution is 0.0707. The molecule has 0 atom stereocenters. The van der Waals surface area contributed by atoms with Gasteiger partial charge in [-0.3, -0.25) is 14.6 Å². The Morgan fingerprint density at radius 1 is 1.16 bits per heavy atom. The van der Waals surface area contributed by atoms with Crippen LogP contribution in [-0.4, -0.2) is 41.4 Å². The van der Waals surface area contributed by atoms with Crippen molar-refractivity contribution in [2.75, 3.05) is 19.7 Å². The summed E-state index contributed by atoms with van der Waals surface area (Å²) in [6.45, 7) is 5.01. The zero-order valence-corrected chi connectivity index (χ0v) is 18.3. The lowest BCUT2D eigenvalue weighted by atomic mass is 9.89. The maximum absolute atomic E-state index is 13.2.